The van der Waals surface area contributed by atoms with Crippen LogP contribution in [-0.4, -0.2) is 32.7 Å². The van der Waals surface area contributed by atoms with Gasteiger partial charge in [-0.2, -0.15) is 0 Å². The molecular formula is C14H21N3O2. The number of anilines is 3. The number of hydrogen-bond acceptors (Lipinski definition) is 4. The molecule has 5 heteroatoms. The quantitative estimate of drug-likeness (QED) is 0.626. The molecule has 1 heterocycles. The SMILES string of the molecule is CCOCCN(C)c1cc2c(cc1N)NC(=O)CC2. The first-order chi connectivity index (χ1) is 9.11. The van der Waals surface area contributed by atoms with Crippen LogP contribution in [0.2, 0.25) is 0 Å². The van der Waals surface area contributed by atoms with Crippen molar-refractivity contribution in [2.45, 2.75) is 19.8 Å². The third kappa shape index (κ3) is 3.17. The molecule has 0 unspecified atom stereocenters. The average molecular weight is 263 g/mol. The van der Waals surface area contributed by atoms with Crippen molar-refractivity contribution in [1.29, 1.82) is 0 Å². The Morgan fingerprint density at radius 2 is 2.21 bits per heavy atom. The van der Waals surface area contributed by atoms with E-state index in [2.05, 4.69) is 16.3 Å². The first kappa shape index (κ1) is 13.7. The van der Waals surface area contributed by atoms with E-state index in [0.717, 1.165) is 36.5 Å². The molecular weight excluding hydrogens is 242 g/mol. The molecule has 0 aliphatic carbocycles. The lowest BCUT2D eigenvalue weighted by Crippen LogP contribution is -2.25. The van der Waals surface area contributed by atoms with Gasteiger partial charge < -0.3 is 20.7 Å². The van der Waals surface area contributed by atoms with Gasteiger partial charge in [-0.3, -0.25) is 4.79 Å². The number of fused-ring (bicyclic) bond motifs is 1. The highest BCUT2D eigenvalue weighted by Crippen LogP contribution is 2.32. The second kappa shape index (κ2) is 5.93. The van der Waals surface area contributed by atoms with Crippen molar-refractivity contribution in [3.8, 4) is 0 Å². The molecule has 0 bridgehead atoms. The molecule has 2 rings (SSSR count). The van der Waals surface area contributed by atoms with E-state index < -0.39 is 0 Å². The Morgan fingerprint density at radius 3 is 2.95 bits per heavy atom. The summed E-state index contributed by atoms with van der Waals surface area (Å²) in [6.07, 6.45) is 1.31. The number of aryl methyl sites for hydroxylation is 1. The molecule has 1 aromatic carbocycles. The smallest absolute Gasteiger partial charge is 0.224 e. The number of nitrogens with zero attached hydrogens (tertiary/aromatic N) is 1. The van der Waals surface area contributed by atoms with Gasteiger partial charge in [-0.05, 0) is 31.0 Å². The van der Waals surface area contributed by atoms with Crippen LogP contribution in [0.4, 0.5) is 17.1 Å². The maximum Gasteiger partial charge on any atom is 0.224 e. The minimum atomic E-state index is 0.0596. The van der Waals surface area contributed by atoms with Crippen molar-refractivity contribution in [2.24, 2.45) is 0 Å². The molecule has 0 aromatic heterocycles. The van der Waals surface area contributed by atoms with Crippen molar-refractivity contribution in [3.63, 3.8) is 0 Å². The van der Waals surface area contributed by atoms with Crippen LogP contribution in [0.1, 0.15) is 18.9 Å². The van der Waals surface area contributed by atoms with Crippen LogP contribution in [0.5, 0.6) is 0 Å². The van der Waals surface area contributed by atoms with E-state index in [9.17, 15) is 4.79 Å². The predicted octanol–water partition coefficient (Wildman–Crippen LogP) is 1.63. The van der Waals surface area contributed by atoms with Crippen LogP contribution in [0, 0.1) is 0 Å². The topological polar surface area (TPSA) is 67.6 Å². The fourth-order valence-corrected chi connectivity index (χ4v) is 2.23. The highest BCUT2D eigenvalue weighted by atomic mass is 16.5. The highest BCUT2D eigenvalue weighted by Gasteiger charge is 2.17. The zero-order valence-corrected chi connectivity index (χ0v) is 11.5. The molecule has 1 aliphatic rings. The van der Waals surface area contributed by atoms with Crippen molar-refractivity contribution < 1.29 is 9.53 Å². The summed E-state index contributed by atoms with van der Waals surface area (Å²) >= 11 is 0. The van der Waals surface area contributed by atoms with Crippen molar-refractivity contribution in [1.82, 2.24) is 0 Å². The maximum atomic E-state index is 11.4. The molecule has 1 amide bonds. The summed E-state index contributed by atoms with van der Waals surface area (Å²) < 4.78 is 5.35. The van der Waals surface area contributed by atoms with Crippen molar-refractivity contribution in [2.75, 3.05) is 42.8 Å². The van der Waals surface area contributed by atoms with Crippen LogP contribution >= 0.6 is 0 Å². The number of likely N-dealkylation sites (N-methyl/N-ethyl adjacent to an activating group) is 1. The van der Waals surface area contributed by atoms with Crippen LogP contribution in [0.15, 0.2) is 12.1 Å². The fraction of sp³-hybridized carbons (Fsp3) is 0.500. The fourth-order valence-electron chi connectivity index (χ4n) is 2.23. The molecule has 104 valence electrons. The number of benzene rings is 1. The second-order valence-corrected chi connectivity index (χ2v) is 4.73. The van der Waals surface area contributed by atoms with E-state index >= 15 is 0 Å². The second-order valence-electron chi connectivity index (χ2n) is 4.73. The maximum absolute atomic E-state index is 11.4. The summed E-state index contributed by atoms with van der Waals surface area (Å²) in [6.45, 7) is 4.18. The summed E-state index contributed by atoms with van der Waals surface area (Å²) in [4.78, 5) is 13.4. The molecule has 3 N–H and O–H groups in total. The standard InChI is InChI=1S/C14H21N3O2/c1-3-19-7-6-17(2)13-8-10-4-5-14(18)16-12(10)9-11(13)15/h8-9H,3-7,15H2,1-2H3,(H,16,18). The van der Waals surface area contributed by atoms with Gasteiger partial charge in [-0.15, -0.1) is 0 Å². The van der Waals surface area contributed by atoms with Gasteiger partial charge in [0.1, 0.15) is 0 Å². The number of rotatable bonds is 5. The summed E-state index contributed by atoms with van der Waals surface area (Å²) in [5.74, 6) is 0.0596. The minimum absolute atomic E-state index is 0.0596. The van der Waals surface area contributed by atoms with E-state index in [4.69, 9.17) is 10.5 Å². The molecule has 0 saturated carbocycles. The number of nitrogen functional groups attached to an aromatic ring is 1. The lowest BCUT2D eigenvalue weighted by Gasteiger charge is -2.25. The zero-order chi connectivity index (χ0) is 13.8. The summed E-state index contributed by atoms with van der Waals surface area (Å²) in [6, 6.07) is 3.91. The molecule has 0 fully saturated rings. The van der Waals surface area contributed by atoms with E-state index in [1.807, 2.05) is 20.0 Å². The monoisotopic (exact) mass is 263 g/mol. The van der Waals surface area contributed by atoms with Crippen LogP contribution in [0.3, 0.4) is 0 Å². The van der Waals surface area contributed by atoms with Gasteiger partial charge in [-0.25, -0.2) is 0 Å². The van der Waals surface area contributed by atoms with Crippen LogP contribution in [0.25, 0.3) is 0 Å². The Kier molecular flexibility index (Phi) is 4.27. The molecule has 0 spiro atoms. The number of carbonyl (C=O) groups is 1. The predicted molar refractivity (Wildman–Crippen MR) is 77.6 cm³/mol. The van der Waals surface area contributed by atoms with Crippen LogP contribution in [-0.2, 0) is 16.0 Å². The Balaban J connectivity index is 2.15. The molecule has 19 heavy (non-hydrogen) atoms. The Morgan fingerprint density at radius 1 is 1.42 bits per heavy atom. The van der Waals surface area contributed by atoms with Gasteiger partial charge >= 0.3 is 0 Å². The summed E-state index contributed by atoms with van der Waals surface area (Å²) in [5, 5.41) is 2.86. The minimum Gasteiger partial charge on any atom is -0.397 e. The molecule has 0 saturated heterocycles. The van der Waals surface area contributed by atoms with Crippen LogP contribution < -0.4 is 16.0 Å². The third-order valence-corrected chi connectivity index (χ3v) is 3.33. The first-order valence-corrected chi connectivity index (χ1v) is 6.63. The van der Waals surface area contributed by atoms with Gasteiger partial charge in [0.2, 0.25) is 5.91 Å². The first-order valence-electron chi connectivity index (χ1n) is 6.63. The number of amides is 1. The third-order valence-electron chi connectivity index (χ3n) is 3.33. The number of nitrogens with one attached hydrogen (secondary N) is 1. The van der Waals surface area contributed by atoms with Gasteiger partial charge in [0.05, 0.1) is 18.0 Å². The molecule has 5 nitrogen and oxygen atoms in total. The largest absolute Gasteiger partial charge is 0.397 e. The molecule has 1 aliphatic heterocycles. The number of hydrogen-bond donors (Lipinski definition) is 2. The normalized spacial score (nSPS) is 13.9. The van der Waals surface area contributed by atoms with E-state index in [1.54, 1.807) is 0 Å². The number of carbonyl (C=O) groups excluding carboxylic acids is 1. The average Bonchev–Trinajstić information content (AvgIpc) is 2.38. The molecule has 1 aromatic rings. The summed E-state index contributed by atoms with van der Waals surface area (Å²) in [7, 11) is 2.00. The van der Waals surface area contributed by atoms with Gasteiger partial charge in [0.15, 0.2) is 0 Å². The Bertz CT molecular complexity index is 474. The number of ether oxygens (including phenoxy) is 1. The Hall–Kier alpha value is -1.75. The highest BCUT2D eigenvalue weighted by molar-refractivity contribution is 5.95. The molecule has 0 radical (unpaired) electrons. The van der Waals surface area contributed by atoms with Gasteiger partial charge in [-0.1, -0.05) is 0 Å². The lowest BCUT2D eigenvalue weighted by atomic mass is 10.0. The lowest BCUT2D eigenvalue weighted by molar-refractivity contribution is -0.116. The van der Waals surface area contributed by atoms with E-state index in [-0.39, 0.29) is 5.91 Å². The molecule has 0 atom stereocenters. The van der Waals surface area contributed by atoms with Gasteiger partial charge in [0.25, 0.3) is 0 Å². The van der Waals surface area contributed by atoms with Crippen molar-refractivity contribution in [3.05, 3.63) is 17.7 Å². The zero-order valence-electron chi connectivity index (χ0n) is 11.5. The van der Waals surface area contributed by atoms with Gasteiger partial charge in [0, 0.05) is 32.3 Å². The Labute approximate surface area is 113 Å². The van der Waals surface area contributed by atoms with E-state index in [1.165, 1.54) is 0 Å². The van der Waals surface area contributed by atoms with Crippen molar-refractivity contribution >= 4 is 23.0 Å². The van der Waals surface area contributed by atoms with E-state index in [0.29, 0.717) is 18.7 Å². The number of nitrogens with two attached hydrogens (primary N) is 1. The summed E-state index contributed by atoms with van der Waals surface area (Å²) in [5.41, 5.74) is 9.73.